The Kier molecular flexibility index (Phi) is 6.81. The molecule has 0 atom stereocenters. The van der Waals surface area contributed by atoms with Gasteiger partial charge in [-0.3, -0.25) is 0 Å². The molecule has 0 heterocycles. The first-order valence-corrected chi connectivity index (χ1v) is 5.65. The van der Waals surface area contributed by atoms with E-state index in [1.165, 1.54) is 4.48 Å². The molecule has 0 spiro atoms. The fourth-order valence-corrected chi connectivity index (χ4v) is 3.58. The van der Waals surface area contributed by atoms with Crippen LogP contribution in [0.2, 0.25) is 0 Å². The summed E-state index contributed by atoms with van der Waals surface area (Å²) in [6.45, 7) is 18.8. The number of hydrogen-bond acceptors (Lipinski definition) is 0. The minimum atomic E-state index is 0. The zero-order valence-electron chi connectivity index (χ0n) is 10.8. The molecule has 0 bridgehead atoms. The molecule has 0 radical (unpaired) electrons. The molecule has 2 heteroatoms. The van der Waals surface area contributed by atoms with Gasteiger partial charge in [0.1, 0.15) is 0 Å². The van der Waals surface area contributed by atoms with Gasteiger partial charge in [-0.05, 0) is 55.4 Å². The predicted molar refractivity (Wildman–Crippen MR) is 72.1 cm³/mol. The van der Waals surface area contributed by atoms with Gasteiger partial charge in [0.2, 0.25) is 0 Å². The van der Waals surface area contributed by atoms with Crippen molar-refractivity contribution in [2.24, 2.45) is 0 Å². The van der Waals surface area contributed by atoms with E-state index in [9.17, 15) is 0 Å². The molecule has 0 fully saturated rings. The SMILES string of the molecule is CC(C)[N+](C(C)C)(C(C)C)C(C)C.[BH4-]. The summed E-state index contributed by atoms with van der Waals surface area (Å²) in [6, 6.07) is 2.83. The largest absolute Gasteiger partial charge is 0.316 e. The lowest BCUT2D eigenvalue weighted by atomic mass is 10.0. The van der Waals surface area contributed by atoms with E-state index in [2.05, 4.69) is 55.4 Å². The van der Waals surface area contributed by atoms with E-state index in [1.54, 1.807) is 0 Å². The third kappa shape index (κ3) is 2.53. The molecule has 0 aromatic heterocycles. The molecular formula is C12H32BN. The maximum absolute atomic E-state index is 2.35. The highest BCUT2D eigenvalue weighted by molar-refractivity contribution is 5.75. The van der Waals surface area contributed by atoms with E-state index in [0.29, 0.717) is 24.2 Å². The van der Waals surface area contributed by atoms with Gasteiger partial charge in [-0.25, -0.2) is 0 Å². The lowest BCUT2D eigenvalue weighted by Crippen LogP contribution is -2.65. The van der Waals surface area contributed by atoms with Crippen LogP contribution in [0.5, 0.6) is 0 Å². The van der Waals surface area contributed by atoms with Gasteiger partial charge >= 0.3 is 0 Å². The first kappa shape index (κ1) is 16.5. The lowest BCUT2D eigenvalue weighted by molar-refractivity contribution is -1.00. The van der Waals surface area contributed by atoms with E-state index < -0.39 is 0 Å². The van der Waals surface area contributed by atoms with Crippen LogP contribution in [0.1, 0.15) is 55.4 Å². The Labute approximate surface area is 93.0 Å². The monoisotopic (exact) mass is 201 g/mol. The third-order valence-corrected chi connectivity index (χ3v) is 3.58. The molecule has 0 aromatic rings. The average Bonchev–Trinajstić information content (AvgIpc) is 1.82. The molecule has 0 N–H and O–H groups in total. The molecule has 14 heavy (non-hydrogen) atoms. The molecular weight excluding hydrogens is 169 g/mol. The number of quaternary nitrogens is 1. The van der Waals surface area contributed by atoms with Crippen LogP contribution in [0.15, 0.2) is 0 Å². The molecule has 0 amide bonds. The van der Waals surface area contributed by atoms with Crippen molar-refractivity contribution in [2.75, 3.05) is 0 Å². The van der Waals surface area contributed by atoms with Crippen LogP contribution in [-0.2, 0) is 0 Å². The van der Waals surface area contributed by atoms with Crippen molar-refractivity contribution in [2.45, 2.75) is 79.6 Å². The normalized spacial score (nSPS) is 12.9. The van der Waals surface area contributed by atoms with Crippen molar-refractivity contribution in [3.05, 3.63) is 0 Å². The van der Waals surface area contributed by atoms with Crippen LogP contribution in [0.3, 0.4) is 0 Å². The minimum absolute atomic E-state index is 0. The lowest BCUT2D eigenvalue weighted by Gasteiger charge is -2.52. The van der Waals surface area contributed by atoms with E-state index in [4.69, 9.17) is 0 Å². The molecule has 0 rings (SSSR count). The molecule has 0 aromatic carbocycles. The quantitative estimate of drug-likeness (QED) is 0.482. The highest BCUT2D eigenvalue weighted by Gasteiger charge is 2.40. The second-order valence-corrected chi connectivity index (χ2v) is 5.27. The topological polar surface area (TPSA) is 0 Å². The van der Waals surface area contributed by atoms with Gasteiger partial charge in [0.25, 0.3) is 0 Å². The zero-order valence-corrected chi connectivity index (χ0v) is 10.8. The van der Waals surface area contributed by atoms with Gasteiger partial charge in [0.05, 0.1) is 24.2 Å². The second kappa shape index (κ2) is 5.80. The van der Waals surface area contributed by atoms with Crippen LogP contribution in [0.25, 0.3) is 0 Å². The summed E-state index contributed by atoms with van der Waals surface area (Å²) in [6.07, 6.45) is 0. The summed E-state index contributed by atoms with van der Waals surface area (Å²) in [4.78, 5) is 0. The predicted octanol–water partition coefficient (Wildman–Crippen LogP) is 1.99. The van der Waals surface area contributed by atoms with E-state index in [-0.39, 0.29) is 8.41 Å². The molecule has 0 saturated carbocycles. The summed E-state index contributed by atoms with van der Waals surface area (Å²) in [5.41, 5.74) is 0. The van der Waals surface area contributed by atoms with Crippen LogP contribution in [-0.4, -0.2) is 37.1 Å². The molecule has 0 unspecified atom stereocenters. The Bertz CT molecular complexity index is 113. The fraction of sp³-hybridized carbons (Fsp3) is 1.00. The Balaban J connectivity index is 0. The van der Waals surface area contributed by atoms with Crippen LogP contribution in [0, 0.1) is 0 Å². The van der Waals surface area contributed by atoms with E-state index >= 15 is 0 Å². The fourth-order valence-electron chi connectivity index (χ4n) is 3.58. The Morgan fingerprint density at radius 3 is 0.643 bits per heavy atom. The van der Waals surface area contributed by atoms with Gasteiger partial charge in [-0.2, -0.15) is 0 Å². The number of rotatable bonds is 4. The van der Waals surface area contributed by atoms with Crippen molar-refractivity contribution in [1.82, 2.24) is 0 Å². The van der Waals surface area contributed by atoms with Crippen molar-refractivity contribution >= 4 is 8.41 Å². The summed E-state index contributed by atoms with van der Waals surface area (Å²) in [7, 11) is 0. The Morgan fingerprint density at radius 2 is 0.643 bits per heavy atom. The van der Waals surface area contributed by atoms with Gasteiger partial charge < -0.3 is 4.48 Å². The molecule has 0 aliphatic rings. The first-order valence-electron chi connectivity index (χ1n) is 5.65. The van der Waals surface area contributed by atoms with E-state index in [1.807, 2.05) is 0 Å². The second-order valence-electron chi connectivity index (χ2n) is 5.27. The molecule has 0 saturated heterocycles. The molecule has 1 nitrogen and oxygen atoms in total. The molecule has 0 aliphatic heterocycles. The van der Waals surface area contributed by atoms with Gasteiger partial charge in [0, 0.05) is 0 Å². The number of hydrogen-bond donors (Lipinski definition) is 0. The summed E-state index contributed by atoms with van der Waals surface area (Å²) < 4.78 is 1.22. The summed E-state index contributed by atoms with van der Waals surface area (Å²) >= 11 is 0. The Morgan fingerprint density at radius 1 is 0.500 bits per heavy atom. The first-order chi connectivity index (χ1) is 5.77. The number of nitrogens with zero attached hydrogens (tertiary/aromatic N) is 1. The molecule has 88 valence electrons. The summed E-state index contributed by atoms with van der Waals surface area (Å²) in [5.74, 6) is 0. The molecule has 0 aliphatic carbocycles. The van der Waals surface area contributed by atoms with Crippen LogP contribution >= 0.6 is 0 Å². The highest BCUT2D eigenvalue weighted by atomic mass is 15.4. The van der Waals surface area contributed by atoms with Crippen molar-refractivity contribution in [3.8, 4) is 0 Å². The van der Waals surface area contributed by atoms with Gasteiger partial charge in [-0.15, -0.1) is 0 Å². The summed E-state index contributed by atoms with van der Waals surface area (Å²) in [5, 5.41) is 0. The van der Waals surface area contributed by atoms with Gasteiger partial charge in [0.15, 0.2) is 0 Å². The van der Waals surface area contributed by atoms with E-state index in [0.717, 1.165) is 0 Å². The van der Waals surface area contributed by atoms with Crippen molar-refractivity contribution in [3.63, 3.8) is 0 Å². The maximum Gasteiger partial charge on any atom is 0.0839 e. The maximum atomic E-state index is 2.35. The smallest absolute Gasteiger partial charge is 0.0839 e. The van der Waals surface area contributed by atoms with Crippen molar-refractivity contribution < 1.29 is 4.48 Å². The van der Waals surface area contributed by atoms with Gasteiger partial charge in [-0.1, -0.05) is 8.41 Å². The average molecular weight is 201 g/mol. The van der Waals surface area contributed by atoms with Crippen molar-refractivity contribution in [1.29, 1.82) is 0 Å². The highest BCUT2D eigenvalue weighted by Crippen LogP contribution is 2.28. The minimum Gasteiger partial charge on any atom is -0.316 e. The zero-order chi connectivity index (χ0) is 10.8. The van der Waals surface area contributed by atoms with Crippen LogP contribution < -0.4 is 0 Å². The Hall–Kier alpha value is 0.0249. The van der Waals surface area contributed by atoms with Crippen LogP contribution in [0.4, 0.5) is 0 Å². The standard InChI is InChI=1S/C12H28N.BH4/c1-9(2)13(10(3)4,11(5)6)12(7)8;/h9-12H,1-8H3;1H4/q+1;-1. The third-order valence-electron chi connectivity index (χ3n) is 3.58.